The van der Waals surface area contributed by atoms with Crippen molar-refractivity contribution in [2.24, 2.45) is 0 Å². The normalized spacial score (nSPS) is 10.5. The van der Waals surface area contributed by atoms with Gasteiger partial charge in [-0.3, -0.25) is 9.78 Å². The predicted molar refractivity (Wildman–Crippen MR) is 90.8 cm³/mol. The van der Waals surface area contributed by atoms with E-state index in [2.05, 4.69) is 15.4 Å². The van der Waals surface area contributed by atoms with Crippen LogP contribution in [0.2, 0.25) is 0 Å². The van der Waals surface area contributed by atoms with Gasteiger partial charge >= 0.3 is 0 Å². The molecule has 3 aromatic rings. The number of rotatable bonds is 6. The first-order valence-electron chi connectivity index (χ1n) is 7.73. The molecule has 0 saturated heterocycles. The minimum Gasteiger partial charge on any atom is -0.396 e. The molecule has 1 aromatic carbocycles. The van der Waals surface area contributed by atoms with Gasteiger partial charge in [0.15, 0.2) is 0 Å². The minimum absolute atomic E-state index is 0.0584. The van der Waals surface area contributed by atoms with Crippen LogP contribution in [0.15, 0.2) is 61.1 Å². The number of carbonyl (C=O) groups excluding carboxylic acids is 1. The lowest BCUT2D eigenvalue weighted by Gasteiger charge is -2.04. The van der Waals surface area contributed by atoms with E-state index in [0.717, 1.165) is 16.9 Å². The van der Waals surface area contributed by atoms with Crippen molar-refractivity contribution in [1.82, 2.24) is 20.1 Å². The van der Waals surface area contributed by atoms with Crippen molar-refractivity contribution >= 4 is 5.91 Å². The maximum Gasteiger partial charge on any atom is 0.252 e. The predicted octanol–water partition coefficient (Wildman–Crippen LogP) is 2.05. The molecule has 1 amide bonds. The SMILES string of the molecule is O=C(NCCCO)c1ccc(-c2cnn(-c3ccccc3)c2)nc1. The van der Waals surface area contributed by atoms with Gasteiger partial charge in [-0.1, -0.05) is 18.2 Å². The van der Waals surface area contributed by atoms with E-state index in [1.807, 2.05) is 36.5 Å². The summed E-state index contributed by atoms with van der Waals surface area (Å²) in [6.07, 6.45) is 5.73. The molecule has 0 fully saturated rings. The van der Waals surface area contributed by atoms with E-state index in [1.54, 1.807) is 29.2 Å². The summed E-state index contributed by atoms with van der Waals surface area (Å²) in [6.45, 7) is 0.504. The summed E-state index contributed by atoms with van der Waals surface area (Å²) in [4.78, 5) is 16.2. The lowest BCUT2D eigenvalue weighted by Crippen LogP contribution is -2.25. The van der Waals surface area contributed by atoms with Crippen LogP contribution in [0.1, 0.15) is 16.8 Å². The van der Waals surface area contributed by atoms with E-state index in [0.29, 0.717) is 18.5 Å². The van der Waals surface area contributed by atoms with Gasteiger partial charge in [-0.05, 0) is 30.7 Å². The van der Waals surface area contributed by atoms with Crippen molar-refractivity contribution in [3.05, 3.63) is 66.6 Å². The van der Waals surface area contributed by atoms with Crippen LogP contribution < -0.4 is 5.32 Å². The molecule has 0 radical (unpaired) electrons. The first-order chi connectivity index (χ1) is 11.8. The highest BCUT2D eigenvalue weighted by Gasteiger charge is 2.08. The van der Waals surface area contributed by atoms with Crippen LogP contribution in [0, 0.1) is 0 Å². The Morgan fingerprint density at radius 2 is 1.96 bits per heavy atom. The summed E-state index contributed by atoms with van der Waals surface area (Å²) >= 11 is 0. The van der Waals surface area contributed by atoms with Crippen molar-refractivity contribution in [2.45, 2.75) is 6.42 Å². The molecule has 0 aliphatic rings. The second-order valence-electron chi connectivity index (χ2n) is 5.27. The first-order valence-corrected chi connectivity index (χ1v) is 7.73. The molecular formula is C18H18N4O2. The maximum atomic E-state index is 11.9. The number of amides is 1. The molecule has 0 spiro atoms. The molecule has 0 unspecified atom stereocenters. The number of para-hydroxylation sites is 1. The molecule has 2 N–H and O–H groups in total. The summed E-state index contributed by atoms with van der Waals surface area (Å²) in [5.74, 6) is -0.192. The van der Waals surface area contributed by atoms with Crippen LogP contribution in [-0.4, -0.2) is 38.9 Å². The van der Waals surface area contributed by atoms with Gasteiger partial charge in [0, 0.05) is 31.1 Å². The molecule has 2 aromatic heterocycles. The zero-order valence-electron chi connectivity index (χ0n) is 13.1. The Hall–Kier alpha value is -2.99. The largest absolute Gasteiger partial charge is 0.396 e. The van der Waals surface area contributed by atoms with Gasteiger partial charge in [0.25, 0.3) is 5.91 Å². The van der Waals surface area contributed by atoms with Crippen LogP contribution in [0.3, 0.4) is 0 Å². The summed E-state index contributed by atoms with van der Waals surface area (Å²) in [7, 11) is 0. The number of benzene rings is 1. The fourth-order valence-corrected chi connectivity index (χ4v) is 2.26. The molecule has 6 nitrogen and oxygen atoms in total. The molecule has 0 atom stereocenters. The number of aliphatic hydroxyl groups excluding tert-OH is 1. The number of aromatic nitrogens is 3. The van der Waals surface area contributed by atoms with Crippen molar-refractivity contribution in [2.75, 3.05) is 13.2 Å². The summed E-state index contributed by atoms with van der Waals surface area (Å²) < 4.78 is 1.78. The second-order valence-corrected chi connectivity index (χ2v) is 5.27. The topological polar surface area (TPSA) is 80.0 Å². The number of pyridine rings is 1. The van der Waals surface area contributed by atoms with E-state index in [-0.39, 0.29) is 12.5 Å². The Labute approximate surface area is 139 Å². The van der Waals surface area contributed by atoms with Gasteiger partial charge < -0.3 is 10.4 Å². The van der Waals surface area contributed by atoms with E-state index >= 15 is 0 Å². The Bertz CT molecular complexity index is 797. The molecule has 0 saturated carbocycles. The molecule has 0 bridgehead atoms. The molecule has 2 heterocycles. The summed E-state index contributed by atoms with van der Waals surface area (Å²) in [6, 6.07) is 13.4. The third-order valence-corrected chi connectivity index (χ3v) is 3.55. The maximum absolute atomic E-state index is 11.9. The number of nitrogens with zero attached hydrogens (tertiary/aromatic N) is 3. The average Bonchev–Trinajstić information content (AvgIpc) is 3.13. The van der Waals surface area contributed by atoms with E-state index in [9.17, 15) is 4.79 Å². The van der Waals surface area contributed by atoms with E-state index in [4.69, 9.17) is 5.11 Å². The molecule has 24 heavy (non-hydrogen) atoms. The third-order valence-electron chi connectivity index (χ3n) is 3.55. The number of hydrogen-bond acceptors (Lipinski definition) is 4. The highest BCUT2D eigenvalue weighted by atomic mass is 16.3. The molecule has 122 valence electrons. The van der Waals surface area contributed by atoms with Crippen molar-refractivity contribution in [3.63, 3.8) is 0 Å². The third kappa shape index (κ3) is 3.67. The molecule has 6 heteroatoms. The Morgan fingerprint density at radius 1 is 1.12 bits per heavy atom. The van der Waals surface area contributed by atoms with Crippen molar-refractivity contribution in [3.8, 4) is 16.9 Å². The van der Waals surface area contributed by atoms with Crippen LogP contribution in [0.25, 0.3) is 16.9 Å². The zero-order valence-corrected chi connectivity index (χ0v) is 13.1. The zero-order chi connectivity index (χ0) is 16.8. The molecule has 3 rings (SSSR count). The van der Waals surface area contributed by atoms with Gasteiger partial charge in [-0.15, -0.1) is 0 Å². The van der Waals surface area contributed by atoms with Gasteiger partial charge in [0.2, 0.25) is 0 Å². The lowest BCUT2D eigenvalue weighted by atomic mass is 10.2. The monoisotopic (exact) mass is 322 g/mol. The fraction of sp³-hybridized carbons (Fsp3) is 0.167. The quantitative estimate of drug-likeness (QED) is 0.681. The average molecular weight is 322 g/mol. The van der Waals surface area contributed by atoms with Crippen molar-refractivity contribution in [1.29, 1.82) is 0 Å². The highest BCUT2D eigenvalue weighted by Crippen LogP contribution is 2.18. The van der Waals surface area contributed by atoms with Crippen LogP contribution in [0.5, 0.6) is 0 Å². The number of nitrogens with one attached hydrogen (secondary N) is 1. The van der Waals surface area contributed by atoms with Gasteiger partial charge in [0.1, 0.15) is 0 Å². The van der Waals surface area contributed by atoms with Gasteiger partial charge in [0.05, 0.1) is 23.1 Å². The van der Waals surface area contributed by atoms with Crippen LogP contribution in [-0.2, 0) is 0 Å². The van der Waals surface area contributed by atoms with Crippen LogP contribution in [0.4, 0.5) is 0 Å². The van der Waals surface area contributed by atoms with Gasteiger partial charge in [-0.25, -0.2) is 4.68 Å². The molecular weight excluding hydrogens is 304 g/mol. The van der Waals surface area contributed by atoms with Crippen LogP contribution >= 0.6 is 0 Å². The van der Waals surface area contributed by atoms with E-state index < -0.39 is 0 Å². The number of hydrogen-bond donors (Lipinski definition) is 2. The second kappa shape index (κ2) is 7.52. The van der Waals surface area contributed by atoms with Gasteiger partial charge in [-0.2, -0.15) is 5.10 Å². The highest BCUT2D eigenvalue weighted by molar-refractivity contribution is 5.94. The Kier molecular flexibility index (Phi) is 4.98. The minimum atomic E-state index is -0.192. The summed E-state index contributed by atoms with van der Waals surface area (Å²) in [5, 5.41) is 15.8. The molecule has 0 aliphatic heterocycles. The lowest BCUT2D eigenvalue weighted by molar-refractivity contribution is 0.0951. The number of carbonyl (C=O) groups is 1. The van der Waals surface area contributed by atoms with Crippen molar-refractivity contribution < 1.29 is 9.90 Å². The smallest absolute Gasteiger partial charge is 0.252 e. The first kappa shape index (κ1) is 15.9. The standard InChI is InChI=1S/C18H18N4O2/c23-10-4-9-19-18(24)14-7-8-17(20-11-14)15-12-21-22(13-15)16-5-2-1-3-6-16/h1-3,5-8,11-13,23H,4,9-10H2,(H,19,24). The summed E-state index contributed by atoms with van der Waals surface area (Å²) in [5.41, 5.74) is 3.10. The Balaban J connectivity index is 1.72. The fourth-order valence-electron chi connectivity index (χ4n) is 2.26. The number of aliphatic hydroxyl groups is 1. The molecule has 0 aliphatic carbocycles. The Morgan fingerprint density at radius 3 is 2.67 bits per heavy atom. The van der Waals surface area contributed by atoms with E-state index in [1.165, 1.54) is 0 Å².